The second kappa shape index (κ2) is 8.74. The summed E-state index contributed by atoms with van der Waals surface area (Å²) < 4.78 is 32.3. The van der Waals surface area contributed by atoms with E-state index in [4.69, 9.17) is 22.1 Å². The van der Waals surface area contributed by atoms with Crippen molar-refractivity contribution in [1.29, 1.82) is 0 Å². The third-order valence-corrected chi connectivity index (χ3v) is 4.35. The van der Waals surface area contributed by atoms with Gasteiger partial charge in [-0.3, -0.25) is 0 Å². The highest BCUT2D eigenvalue weighted by Gasteiger charge is 2.11. The number of nitrogens with one attached hydrogen (secondary N) is 4. The van der Waals surface area contributed by atoms with Crippen molar-refractivity contribution >= 4 is 40.0 Å². The fourth-order valence-corrected chi connectivity index (χ4v) is 2.98. The molecule has 0 aliphatic heterocycles. The van der Waals surface area contributed by atoms with Gasteiger partial charge in [0, 0.05) is 41.3 Å². The van der Waals surface area contributed by atoms with Crippen LogP contribution in [0, 0.1) is 11.6 Å². The molecule has 2 aromatic carbocycles. The topological polar surface area (TPSA) is 98.4 Å². The first-order chi connectivity index (χ1) is 13.9. The van der Waals surface area contributed by atoms with Gasteiger partial charge >= 0.3 is 6.09 Å². The van der Waals surface area contributed by atoms with Gasteiger partial charge in [0.2, 0.25) is 0 Å². The summed E-state index contributed by atoms with van der Waals surface area (Å²) in [6.07, 6.45) is -1.11. The molecule has 152 valence electrons. The SMILES string of the molecule is COc1ccc(-c2cc3cc(F)c(F)cc3[nH]2)cc1NC(=S)NCCNC(=O)O. The molecule has 0 aliphatic carbocycles. The lowest BCUT2D eigenvalue weighted by Crippen LogP contribution is -2.36. The second-order valence-electron chi connectivity index (χ2n) is 6.06. The number of methoxy groups -OCH3 is 1. The molecule has 3 rings (SSSR count). The van der Waals surface area contributed by atoms with Crippen molar-refractivity contribution in [3.05, 3.63) is 48.0 Å². The number of aromatic nitrogens is 1. The summed E-state index contributed by atoms with van der Waals surface area (Å²) in [7, 11) is 1.52. The number of aromatic amines is 1. The van der Waals surface area contributed by atoms with Crippen LogP contribution in [0.1, 0.15) is 0 Å². The number of H-pyrrole nitrogens is 1. The highest BCUT2D eigenvalue weighted by atomic mass is 32.1. The van der Waals surface area contributed by atoms with Gasteiger partial charge in [0.1, 0.15) is 5.75 Å². The summed E-state index contributed by atoms with van der Waals surface area (Å²) in [5.74, 6) is -1.29. The molecule has 1 heterocycles. The quantitative estimate of drug-likeness (QED) is 0.308. The first-order valence-electron chi connectivity index (χ1n) is 8.55. The Balaban J connectivity index is 1.80. The number of hydrogen-bond acceptors (Lipinski definition) is 3. The number of amides is 1. The molecule has 0 saturated carbocycles. The molecule has 0 bridgehead atoms. The number of carboxylic acid groups (broad SMARTS) is 1. The molecule has 3 aromatic rings. The number of anilines is 1. The molecule has 0 unspecified atom stereocenters. The highest BCUT2D eigenvalue weighted by molar-refractivity contribution is 7.80. The van der Waals surface area contributed by atoms with Gasteiger partial charge in [-0.05, 0) is 42.5 Å². The Bertz CT molecular complexity index is 1030. The third-order valence-electron chi connectivity index (χ3n) is 4.11. The van der Waals surface area contributed by atoms with Crippen LogP contribution in [-0.2, 0) is 0 Å². The maximum atomic E-state index is 13.5. The van der Waals surface area contributed by atoms with Crippen LogP contribution in [0.5, 0.6) is 5.75 Å². The average molecular weight is 420 g/mol. The van der Waals surface area contributed by atoms with Gasteiger partial charge in [-0.2, -0.15) is 0 Å². The van der Waals surface area contributed by atoms with Gasteiger partial charge in [0.05, 0.1) is 12.8 Å². The van der Waals surface area contributed by atoms with E-state index in [0.717, 1.165) is 17.7 Å². The third kappa shape index (κ3) is 4.91. The first-order valence-corrected chi connectivity index (χ1v) is 8.96. The molecule has 1 aromatic heterocycles. The molecule has 7 nitrogen and oxygen atoms in total. The van der Waals surface area contributed by atoms with Crippen LogP contribution in [-0.4, -0.2) is 41.5 Å². The smallest absolute Gasteiger partial charge is 0.404 e. The fraction of sp³-hybridized carbons (Fsp3) is 0.158. The number of fused-ring (bicyclic) bond motifs is 1. The molecule has 10 heteroatoms. The van der Waals surface area contributed by atoms with Crippen molar-refractivity contribution in [1.82, 2.24) is 15.6 Å². The molecule has 0 spiro atoms. The second-order valence-corrected chi connectivity index (χ2v) is 6.47. The maximum Gasteiger partial charge on any atom is 0.404 e. The zero-order chi connectivity index (χ0) is 21.0. The number of rotatable bonds is 6. The molecule has 0 aliphatic rings. The Morgan fingerprint density at radius 2 is 1.86 bits per heavy atom. The van der Waals surface area contributed by atoms with Gasteiger partial charge in [0.15, 0.2) is 16.7 Å². The molecule has 29 heavy (non-hydrogen) atoms. The number of hydrogen-bond donors (Lipinski definition) is 5. The predicted molar refractivity (Wildman–Crippen MR) is 110 cm³/mol. The predicted octanol–water partition coefficient (Wildman–Crippen LogP) is 3.68. The van der Waals surface area contributed by atoms with E-state index in [1.165, 1.54) is 7.11 Å². The summed E-state index contributed by atoms with van der Waals surface area (Å²) in [6, 6.07) is 9.28. The number of carbonyl (C=O) groups is 1. The van der Waals surface area contributed by atoms with E-state index in [0.29, 0.717) is 34.6 Å². The average Bonchev–Trinajstić information content (AvgIpc) is 3.08. The minimum absolute atomic E-state index is 0.191. The van der Waals surface area contributed by atoms with Crippen LogP contribution in [0.15, 0.2) is 36.4 Å². The Labute approximate surface area is 170 Å². The van der Waals surface area contributed by atoms with Crippen molar-refractivity contribution in [2.75, 3.05) is 25.5 Å². The minimum Gasteiger partial charge on any atom is -0.495 e. The Morgan fingerprint density at radius 1 is 1.14 bits per heavy atom. The number of benzene rings is 2. The Morgan fingerprint density at radius 3 is 2.59 bits per heavy atom. The lowest BCUT2D eigenvalue weighted by atomic mass is 10.1. The van der Waals surface area contributed by atoms with E-state index >= 15 is 0 Å². The van der Waals surface area contributed by atoms with E-state index in [9.17, 15) is 13.6 Å². The standard InChI is InChI=1S/C19H18F2N4O3S/c1-28-17-3-2-10(7-16(17)25-18(29)22-4-5-23-19(26)27)14-8-11-6-12(20)13(21)9-15(11)24-14/h2-3,6-9,23-24H,4-5H2,1H3,(H,26,27)(H2,22,25,29). The molecule has 0 saturated heterocycles. The van der Waals surface area contributed by atoms with Crippen LogP contribution in [0.3, 0.4) is 0 Å². The van der Waals surface area contributed by atoms with Crippen LogP contribution in [0.4, 0.5) is 19.3 Å². The summed E-state index contributed by atoms with van der Waals surface area (Å²) >= 11 is 5.22. The lowest BCUT2D eigenvalue weighted by molar-refractivity contribution is 0.194. The van der Waals surface area contributed by atoms with Crippen molar-refractivity contribution < 1.29 is 23.4 Å². The van der Waals surface area contributed by atoms with E-state index in [1.54, 1.807) is 24.3 Å². The highest BCUT2D eigenvalue weighted by Crippen LogP contribution is 2.32. The van der Waals surface area contributed by atoms with E-state index in [2.05, 4.69) is 20.9 Å². The summed E-state index contributed by atoms with van der Waals surface area (Å²) in [6.45, 7) is 0.496. The monoisotopic (exact) mass is 420 g/mol. The van der Waals surface area contributed by atoms with Gasteiger partial charge in [-0.15, -0.1) is 0 Å². The summed E-state index contributed by atoms with van der Waals surface area (Å²) in [5.41, 5.74) is 2.47. The normalized spacial score (nSPS) is 10.6. The largest absolute Gasteiger partial charge is 0.495 e. The molecular formula is C19H18F2N4O3S. The molecule has 5 N–H and O–H groups in total. The van der Waals surface area contributed by atoms with E-state index in [-0.39, 0.29) is 11.7 Å². The van der Waals surface area contributed by atoms with Crippen molar-refractivity contribution in [2.45, 2.75) is 0 Å². The minimum atomic E-state index is -1.11. The van der Waals surface area contributed by atoms with Crippen LogP contribution >= 0.6 is 12.2 Å². The first kappa shape index (κ1) is 20.3. The Hall–Kier alpha value is -3.40. The van der Waals surface area contributed by atoms with Crippen LogP contribution < -0.4 is 20.7 Å². The van der Waals surface area contributed by atoms with Crippen LogP contribution in [0.25, 0.3) is 22.2 Å². The fourth-order valence-electron chi connectivity index (χ4n) is 2.77. The lowest BCUT2D eigenvalue weighted by Gasteiger charge is -2.14. The maximum absolute atomic E-state index is 13.5. The van der Waals surface area contributed by atoms with Crippen molar-refractivity contribution in [2.24, 2.45) is 0 Å². The van der Waals surface area contributed by atoms with Gasteiger partial charge in [-0.1, -0.05) is 0 Å². The van der Waals surface area contributed by atoms with E-state index in [1.807, 2.05) is 0 Å². The zero-order valence-corrected chi connectivity index (χ0v) is 16.1. The van der Waals surface area contributed by atoms with Crippen LogP contribution in [0.2, 0.25) is 0 Å². The zero-order valence-electron chi connectivity index (χ0n) is 15.3. The molecule has 0 atom stereocenters. The molecule has 0 radical (unpaired) electrons. The van der Waals surface area contributed by atoms with Gasteiger partial charge in [-0.25, -0.2) is 13.6 Å². The number of ether oxygens (including phenoxy) is 1. The van der Waals surface area contributed by atoms with E-state index < -0.39 is 17.7 Å². The molecule has 1 amide bonds. The van der Waals surface area contributed by atoms with Gasteiger partial charge in [0.25, 0.3) is 0 Å². The summed E-state index contributed by atoms with van der Waals surface area (Å²) in [5, 5.41) is 17.5. The van der Waals surface area contributed by atoms with Gasteiger partial charge < -0.3 is 30.8 Å². The Kier molecular flexibility index (Phi) is 6.13. The number of thiocarbonyl (C=S) groups is 1. The van der Waals surface area contributed by atoms with Crippen molar-refractivity contribution in [3.63, 3.8) is 0 Å². The molecule has 0 fully saturated rings. The summed E-state index contributed by atoms with van der Waals surface area (Å²) in [4.78, 5) is 13.5. The van der Waals surface area contributed by atoms with Crippen molar-refractivity contribution in [3.8, 4) is 17.0 Å². The number of halogens is 2. The molecular weight excluding hydrogens is 402 g/mol.